The number of carbonyl (C=O) groups excluding carboxylic acids is 1. The van der Waals surface area contributed by atoms with Crippen LogP contribution in [0.1, 0.15) is 23.0 Å². The van der Waals surface area contributed by atoms with E-state index in [2.05, 4.69) is 15.9 Å². The minimum absolute atomic E-state index is 0.109. The van der Waals surface area contributed by atoms with Gasteiger partial charge in [0.1, 0.15) is 0 Å². The zero-order valence-electron chi connectivity index (χ0n) is 8.97. The number of hydrogen-bond donors (Lipinski definition) is 0. The number of fused-ring (bicyclic) bond motifs is 1. The molecule has 2 nitrogen and oxygen atoms in total. The molecule has 1 heterocycles. The molecule has 0 fully saturated rings. The van der Waals surface area contributed by atoms with Crippen molar-refractivity contribution in [2.24, 2.45) is 7.05 Å². The van der Waals surface area contributed by atoms with Gasteiger partial charge in [-0.25, -0.2) is 0 Å². The van der Waals surface area contributed by atoms with Crippen LogP contribution in [0, 0.1) is 6.92 Å². The number of aryl methyl sites for hydroxylation is 2. The Morgan fingerprint density at radius 3 is 2.60 bits per heavy atom. The molecule has 0 unspecified atom stereocenters. The first-order valence-electron chi connectivity index (χ1n) is 4.78. The normalized spacial score (nSPS) is 10.9. The number of nitrogens with zero attached hydrogens (tertiary/aromatic N) is 1. The van der Waals surface area contributed by atoms with Gasteiger partial charge in [0.05, 0.1) is 5.69 Å². The van der Waals surface area contributed by atoms with Gasteiger partial charge in [-0.2, -0.15) is 0 Å². The number of hydrogen-bond acceptors (Lipinski definition) is 1. The first-order valence-corrected chi connectivity index (χ1v) is 5.57. The maximum absolute atomic E-state index is 11.5. The van der Waals surface area contributed by atoms with Gasteiger partial charge in [0, 0.05) is 29.3 Å². The summed E-state index contributed by atoms with van der Waals surface area (Å²) in [6.07, 6.45) is 0. The summed E-state index contributed by atoms with van der Waals surface area (Å²) in [7, 11) is 1.93. The van der Waals surface area contributed by atoms with Gasteiger partial charge in [-0.15, -0.1) is 0 Å². The van der Waals surface area contributed by atoms with Crippen LogP contribution in [0.2, 0.25) is 0 Å². The van der Waals surface area contributed by atoms with Crippen molar-refractivity contribution < 1.29 is 4.79 Å². The second-order valence-corrected chi connectivity index (χ2v) is 4.58. The fraction of sp³-hybridized carbons (Fsp3) is 0.250. The van der Waals surface area contributed by atoms with Crippen molar-refractivity contribution in [1.82, 2.24) is 4.57 Å². The van der Waals surface area contributed by atoms with E-state index in [4.69, 9.17) is 0 Å². The molecule has 2 rings (SSSR count). The highest BCUT2D eigenvalue weighted by Crippen LogP contribution is 2.31. The van der Waals surface area contributed by atoms with Gasteiger partial charge in [0.15, 0.2) is 5.78 Å². The van der Waals surface area contributed by atoms with E-state index >= 15 is 0 Å². The van der Waals surface area contributed by atoms with Gasteiger partial charge in [0.25, 0.3) is 0 Å². The van der Waals surface area contributed by atoms with Crippen molar-refractivity contribution in [1.29, 1.82) is 0 Å². The highest BCUT2D eigenvalue weighted by atomic mass is 79.9. The lowest BCUT2D eigenvalue weighted by atomic mass is 10.1. The zero-order chi connectivity index (χ0) is 11.2. The highest BCUT2D eigenvalue weighted by Gasteiger charge is 2.16. The van der Waals surface area contributed by atoms with E-state index in [1.165, 1.54) is 0 Å². The average Bonchev–Trinajstić information content (AvgIpc) is 2.40. The molecule has 78 valence electrons. The highest BCUT2D eigenvalue weighted by molar-refractivity contribution is 9.10. The third kappa shape index (κ3) is 1.42. The maximum Gasteiger partial charge on any atom is 0.176 e. The fourth-order valence-electron chi connectivity index (χ4n) is 2.15. The Balaban J connectivity index is 2.98. The summed E-state index contributed by atoms with van der Waals surface area (Å²) in [5.74, 6) is 0.109. The molecule has 0 aliphatic rings. The van der Waals surface area contributed by atoms with Crippen LogP contribution >= 0.6 is 15.9 Å². The molecule has 0 amide bonds. The molecule has 3 heteroatoms. The van der Waals surface area contributed by atoms with Crippen LogP contribution in [0.4, 0.5) is 0 Å². The molecule has 0 bridgehead atoms. The van der Waals surface area contributed by atoms with Crippen molar-refractivity contribution in [2.45, 2.75) is 13.8 Å². The number of Topliss-reactive ketones (excluding diaryl/α,β-unsaturated/α-hetero) is 1. The number of rotatable bonds is 1. The summed E-state index contributed by atoms with van der Waals surface area (Å²) >= 11 is 3.52. The topological polar surface area (TPSA) is 22.0 Å². The monoisotopic (exact) mass is 265 g/mol. The minimum atomic E-state index is 0.109. The second kappa shape index (κ2) is 3.49. The van der Waals surface area contributed by atoms with Crippen LogP contribution in [0.25, 0.3) is 10.9 Å². The van der Waals surface area contributed by atoms with Crippen molar-refractivity contribution in [3.05, 3.63) is 33.9 Å². The summed E-state index contributed by atoms with van der Waals surface area (Å²) < 4.78 is 3.00. The predicted octanol–water partition coefficient (Wildman–Crippen LogP) is 3.45. The van der Waals surface area contributed by atoms with Gasteiger partial charge < -0.3 is 4.57 Å². The van der Waals surface area contributed by atoms with Crippen molar-refractivity contribution >= 4 is 32.6 Å². The Hall–Kier alpha value is -1.09. The number of carbonyl (C=O) groups is 1. The molecule has 0 saturated carbocycles. The molecule has 1 aromatic carbocycles. The Morgan fingerprint density at radius 1 is 1.40 bits per heavy atom. The molecule has 0 spiro atoms. The first-order chi connectivity index (χ1) is 7.04. The summed E-state index contributed by atoms with van der Waals surface area (Å²) in [5, 5.41) is 1.13. The smallest absolute Gasteiger partial charge is 0.176 e. The molecule has 2 aromatic rings. The molecule has 0 aliphatic carbocycles. The van der Waals surface area contributed by atoms with Crippen LogP contribution in [0.3, 0.4) is 0 Å². The van der Waals surface area contributed by atoms with E-state index in [0.29, 0.717) is 0 Å². The predicted molar refractivity (Wildman–Crippen MR) is 65.4 cm³/mol. The summed E-state index contributed by atoms with van der Waals surface area (Å²) in [6, 6.07) is 6.01. The minimum Gasteiger partial charge on any atom is -0.341 e. The van der Waals surface area contributed by atoms with E-state index in [1.54, 1.807) is 6.92 Å². The lowest BCUT2D eigenvalue weighted by molar-refractivity contribution is 0.101. The van der Waals surface area contributed by atoms with E-state index in [-0.39, 0.29) is 5.78 Å². The molecule has 0 radical (unpaired) electrons. The maximum atomic E-state index is 11.5. The van der Waals surface area contributed by atoms with Gasteiger partial charge in [-0.1, -0.05) is 22.0 Å². The largest absolute Gasteiger partial charge is 0.341 e. The lowest BCUT2D eigenvalue weighted by Crippen LogP contribution is -2.02. The van der Waals surface area contributed by atoms with Crippen LogP contribution in [-0.2, 0) is 7.05 Å². The van der Waals surface area contributed by atoms with Gasteiger partial charge in [-0.3, -0.25) is 4.79 Å². The first kappa shape index (κ1) is 10.4. The van der Waals surface area contributed by atoms with Gasteiger partial charge >= 0.3 is 0 Å². The SMILES string of the molecule is CC(=O)c1c(C)c2c(Br)cccc2n1C. The van der Waals surface area contributed by atoms with Crippen LogP contribution in [-0.4, -0.2) is 10.4 Å². The summed E-state index contributed by atoms with van der Waals surface area (Å²) in [5.41, 5.74) is 2.93. The molecule has 0 aliphatic heterocycles. The summed E-state index contributed by atoms with van der Waals surface area (Å²) in [4.78, 5) is 11.5. The van der Waals surface area contributed by atoms with E-state index in [9.17, 15) is 4.79 Å². The van der Waals surface area contributed by atoms with Crippen molar-refractivity contribution in [3.8, 4) is 0 Å². The number of benzene rings is 1. The quantitative estimate of drug-likeness (QED) is 0.724. The van der Waals surface area contributed by atoms with Crippen LogP contribution < -0.4 is 0 Å². The molecule has 0 atom stereocenters. The standard InChI is InChI=1S/C12H12BrNO/c1-7-11-9(13)5-4-6-10(11)14(3)12(7)8(2)15/h4-6H,1-3H3. The van der Waals surface area contributed by atoms with Crippen molar-refractivity contribution in [2.75, 3.05) is 0 Å². The Morgan fingerprint density at radius 2 is 2.07 bits per heavy atom. The summed E-state index contributed by atoms with van der Waals surface area (Å²) in [6.45, 7) is 3.60. The number of halogens is 1. The van der Waals surface area contributed by atoms with Gasteiger partial charge in [0.2, 0.25) is 0 Å². The Labute approximate surface area is 97.0 Å². The van der Waals surface area contributed by atoms with Crippen molar-refractivity contribution in [3.63, 3.8) is 0 Å². The molecular formula is C12H12BrNO. The Bertz CT molecular complexity index is 554. The molecule has 15 heavy (non-hydrogen) atoms. The van der Waals surface area contributed by atoms with Gasteiger partial charge in [-0.05, 0) is 24.6 Å². The Kier molecular flexibility index (Phi) is 2.43. The van der Waals surface area contributed by atoms with Crippen LogP contribution in [0.5, 0.6) is 0 Å². The van der Waals surface area contributed by atoms with E-state index in [1.807, 2.05) is 36.7 Å². The zero-order valence-corrected chi connectivity index (χ0v) is 10.6. The van der Waals surface area contributed by atoms with Crippen LogP contribution in [0.15, 0.2) is 22.7 Å². The van der Waals surface area contributed by atoms with E-state index in [0.717, 1.165) is 26.6 Å². The molecule has 0 saturated heterocycles. The number of ketones is 1. The lowest BCUT2D eigenvalue weighted by Gasteiger charge is -2.00. The third-order valence-corrected chi connectivity index (χ3v) is 3.41. The molecule has 1 aromatic heterocycles. The fourth-order valence-corrected chi connectivity index (χ4v) is 2.81. The molecule has 0 N–H and O–H groups in total. The average molecular weight is 266 g/mol. The second-order valence-electron chi connectivity index (χ2n) is 3.72. The van der Waals surface area contributed by atoms with E-state index < -0.39 is 0 Å². The number of aromatic nitrogens is 1. The molecular weight excluding hydrogens is 254 g/mol. The third-order valence-electron chi connectivity index (χ3n) is 2.75.